The average Bonchev–Trinajstić information content (AvgIpc) is 3.04. The van der Waals surface area contributed by atoms with Crippen LogP contribution in [0.4, 0.5) is 13.2 Å². The zero-order valence-corrected chi connectivity index (χ0v) is 16.9. The first kappa shape index (κ1) is 21.2. The average molecular weight is 445 g/mol. The van der Waals surface area contributed by atoms with Gasteiger partial charge in [0.25, 0.3) is 0 Å². The van der Waals surface area contributed by atoms with Crippen LogP contribution in [0, 0.1) is 0 Å². The molecule has 3 rings (SSSR count). The van der Waals surface area contributed by atoms with Gasteiger partial charge in [0.05, 0.1) is 16.9 Å². The highest BCUT2D eigenvalue weighted by molar-refractivity contribution is 7.87. The van der Waals surface area contributed by atoms with E-state index < -0.39 is 26.8 Å². The van der Waals surface area contributed by atoms with Crippen LogP contribution in [-0.4, -0.2) is 18.2 Å². The van der Waals surface area contributed by atoms with Gasteiger partial charge < -0.3 is 4.18 Å². The van der Waals surface area contributed by atoms with Crippen molar-refractivity contribution in [1.82, 2.24) is 9.78 Å². The van der Waals surface area contributed by atoms with Gasteiger partial charge in [0, 0.05) is 11.1 Å². The van der Waals surface area contributed by atoms with Gasteiger partial charge in [0.1, 0.15) is 4.90 Å². The molecular weight excluding hydrogens is 429 g/mol. The van der Waals surface area contributed by atoms with Gasteiger partial charge in [-0.05, 0) is 42.3 Å². The summed E-state index contributed by atoms with van der Waals surface area (Å²) in [6.07, 6.45) is -4.68. The molecule has 0 radical (unpaired) electrons. The molecule has 1 aromatic heterocycles. The molecule has 0 unspecified atom stereocenters. The SMILES string of the molecule is CC(C)c1cc(OS(=O)(=O)c2cccc(C(F)(F)F)c2)n(-c2cccc(Cl)c2)n1. The lowest BCUT2D eigenvalue weighted by Gasteiger charge is -2.11. The molecule has 0 saturated carbocycles. The van der Waals surface area contributed by atoms with Crippen molar-refractivity contribution in [2.24, 2.45) is 0 Å². The summed E-state index contributed by atoms with van der Waals surface area (Å²) < 4.78 is 70.5. The number of hydrogen-bond donors (Lipinski definition) is 0. The first-order valence-electron chi connectivity index (χ1n) is 8.45. The molecule has 0 aliphatic rings. The summed E-state index contributed by atoms with van der Waals surface area (Å²) in [5, 5.41) is 4.74. The Balaban J connectivity index is 2.05. The van der Waals surface area contributed by atoms with Gasteiger partial charge in [-0.2, -0.15) is 31.4 Å². The molecule has 29 heavy (non-hydrogen) atoms. The van der Waals surface area contributed by atoms with Crippen molar-refractivity contribution in [2.45, 2.75) is 30.8 Å². The highest BCUT2D eigenvalue weighted by Gasteiger charge is 2.32. The number of nitrogens with zero attached hydrogens (tertiary/aromatic N) is 2. The molecule has 0 saturated heterocycles. The Hall–Kier alpha value is -2.52. The lowest BCUT2D eigenvalue weighted by molar-refractivity contribution is -0.137. The molecule has 0 amide bonds. The number of alkyl halides is 3. The molecular formula is C19H16ClF3N2O3S. The van der Waals surface area contributed by atoms with Crippen LogP contribution >= 0.6 is 11.6 Å². The Kier molecular flexibility index (Phi) is 5.64. The first-order chi connectivity index (χ1) is 13.5. The van der Waals surface area contributed by atoms with E-state index in [2.05, 4.69) is 5.10 Å². The predicted molar refractivity (Wildman–Crippen MR) is 102 cm³/mol. The van der Waals surface area contributed by atoms with Gasteiger partial charge in [-0.1, -0.05) is 37.6 Å². The molecule has 10 heteroatoms. The van der Waals surface area contributed by atoms with Crippen LogP contribution in [0.1, 0.15) is 31.0 Å². The van der Waals surface area contributed by atoms with Crippen LogP contribution in [0.2, 0.25) is 5.02 Å². The standard InChI is InChI=1S/C19H16ClF3N2O3S/c1-12(2)17-11-18(25(24-17)15-7-4-6-14(20)10-15)28-29(26,27)16-8-3-5-13(9-16)19(21,22)23/h3-12H,1-2H3. The topological polar surface area (TPSA) is 61.2 Å². The molecule has 3 aromatic rings. The summed E-state index contributed by atoms with van der Waals surface area (Å²) in [5.41, 5.74) is -0.105. The third kappa shape index (κ3) is 4.73. The maximum atomic E-state index is 12.9. The van der Waals surface area contributed by atoms with Crippen molar-refractivity contribution < 1.29 is 25.8 Å². The summed E-state index contributed by atoms with van der Waals surface area (Å²) >= 11 is 6.00. The maximum absolute atomic E-state index is 12.9. The van der Waals surface area contributed by atoms with E-state index in [1.165, 1.54) is 10.7 Å². The van der Waals surface area contributed by atoms with Crippen molar-refractivity contribution >= 4 is 21.7 Å². The minimum absolute atomic E-state index is 0.0472. The highest BCUT2D eigenvalue weighted by Crippen LogP contribution is 2.32. The molecule has 0 fully saturated rings. The van der Waals surface area contributed by atoms with Gasteiger partial charge in [-0.25, -0.2) is 0 Å². The Labute approximate surface area is 170 Å². The molecule has 0 aliphatic carbocycles. The number of hydrogen-bond acceptors (Lipinski definition) is 4. The summed E-state index contributed by atoms with van der Waals surface area (Å²) in [7, 11) is -4.54. The Morgan fingerprint density at radius 1 is 1.07 bits per heavy atom. The Morgan fingerprint density at radius 2 is 1.76 bits per heavy atom. The van der Waals surface area contributed by atoms with Crippen LogP contribution < -0.4 is 4.18 Å². The zero-order valence-electron chi connectivity index (χ0n) is 15.3. The smallest absolute Gasteiger partial charge is 0.358 e. The predicted octanol–water partition coefficient (Wildman–Crippen LogP) is 5.44. The van der Waals surface area contributed by atoms with E-state index in [-0.39, 0.29) is 11.8 Å². The van der Waals surface area contributed by atoms with Gasteiger partial charge in [-0.15, -0.1) is 0 Å². The van der Waals surface area contributed by atoms with E-state index in [1.54, 1.807) is 24.3 Å². The number of halogens is 4. The van der Waals surface area contributed by atoms with E-state index >= 15 is 0 Å². The monoisotopic (exact) mass is 444 g/mol. The third-order valence-electron chi connectivity index (χ3n) is 3.99. The highest BCUT2D eigenvalue weighted by atomic mass is 35.5. The molecule has 5 nitrogen and oxygen atoms in total. The Morgan fingerprint density at radius 3 is 2.38 bits per heavy atom. The lowest BCUT2D eigenvalue weighted by atomic mass is 10.1. The minimum Gasteiger partial charge on any atom is -0.358 e. The largest absolute Gasteiger partial charge is 0.416 e. The minimum atomic E-state index is -4.68. The third-order valence-corrected chi connectivity index (χ3v) is 5.44. The summed E-state index contributed by atoms with van der Waals surface area (Å²) in [6, 6.07) is 11.3. The summed E-state index contributed by atoms with van der Waals surface area (Å²) in [5.74, 6) is -0.206. The number of benzene rings is 2. The molecule has 0 aliphatic heterocycles. The molecule has 0 bridgehead atoms. The zero-order chi connectivity index (χ0) is 21.4. The fraction of sp³-hybridized carbons (Fsp3) is 0.211. The van der Waals surface area contributed by atoms with Crippen LogP contribution in [0.5, 0.6) is 5.88 Å². The van der Waals surface area contributed by atoms with Crippen LogP contribution in [-0.2, 0) is 16.3 Å². The second-order valence-electron chi connectivity index (χ2n) is 6.52. The normalized spacial score (nSPS) is 12.4. The van der Waals surface area contributed by atoms with Crippen LogP contribution in [0.15, 0.2) is 59.5 Å². The van der Waals surface area contributed by atoms with E-state index in [4.69, 9.17) is 15.8 Å². The van der Waals surface area contributed by atoms with E-state index in [0.717, 1.165) is 18.2 Å². The first-order valence-corrected chi connectivity index (χ1v) is 10.2. The van der Waals surface area contributed by atoms with Crippen molar-refractivity contribution in [3.05, 3.63) is 70.9 Å². The molecule has 2 aromatic carbocycles. The van der Waals surface area contributed by atoms with Gasteiger partial charge in [-0.3, -0.25) is 0 Å². The maximum Gasteiger partial charge on any atom is 0.416 e. The Bertz CT molecular complexity index is 1140. The molecule has 0 spiro atoms. The van der Waals surface area contributed by atoms with E-state index in [1.807, 2.05) is 13.8 Å². The van der Waals surface area contributed by atoms with Crippen molar-refractivity contribution in [2.75, 3.05) is 0 Å². The molecule has 154 valence electrons. The van der Waals surface area contributed by atoms with Crippen molar-refractivity contribution in [3.63, 3.8) is 0 Å². The molecule has 0 N–H and O–H groups in total. The lowest BCUT2D eigenvalue weighted by Crippen LogP contribution is -2.14. The quantitative estimate of drug-likeness (QED) is 0.492. The number of rotatable bonds is 5. The van der Waals surface area contributed by atoms with Gasteiger partial charge in [0.15, 0.2) is 0 Å². The second kappa shape index (κ2) is 7.72. The molecule has 1 heterocycles. The van der Waals surface area contributed by atoms with Gasteiger partial charge >= 0.3 is 16.3 Å². The number of aromatic nitrogens is 2. The summed E-state index contributed by atoms with van der Waals surface area (Å²) in [6.45, 7) is 3.71. The van der Waals surface area contributed by atoms with Crippen molar-refractivity contribution in [1.29, 1.82) is 0 Å². The second-order valence-corrected chi connectivity index (χ2v) is 8.50. The van der Waals surface area contributed by atoms with Crippen LogP contribution in [0.3, 0.4) is 0 Å². The van der Waals surface area contributed by atoms with E-state index in [0.29, 0.717) is 22.5 Å². The molecule has 0 atom stereocenters. The van der Waals surface area contributed by atoms with Crippen molar-refractivity contribution in [3.8, 4) is 11.6 Å². The van der Waals surface area contributed by atoms with Gasteiger partial charge in [0.2, 0.25) is 5.88 Å². The van der Waals surface area contributed by atoms with E-state index in [9.17, 15) is 21.6 Å². The fourth-order valence-electron chi connectivity index (χ4n) is 2.50. The summed E-state index contributed by atoms with van der Waals surface area (Å²) in [4.78, 5) is -0.614. The fourth-order valence-corrected chi connectivity index (χ4v) is 3.64. The van der Waals surface area contributed by atoms with Crippen LogP contribution in [0.25, 0.3) is 5.69 Å².